The minimum Gasteiger partial charge on any atom is -0.379 e. The third-order valence-electron chi connectivity index (χ3n) is 2.95. The molecule has 2 rings (SSSR count). The third kappa shape index (κ3) is 3.24. The average Bonchev–Trinajstić information content (AvgIpc) is 2.86. The lowest BCUT2D eigenvalue weighted by Gasteiger charge is -2.17. The molecular weight excluding hydrogens is 232 g/mol. The molecule has 1 aromatic rings. The topological polar surface area (TPSA) is 76.1 Å². The summed E-state index contributed by atoms with van der Waals surface area (Å²) < 4.78 is 5.34. The number of hydrogen-bond acceptors (Lipinski definition) is 5. The second-order valence-corrected chi connectivity index (χ2v) is 4.24. The second-order valence-electron chi connectivity index (χ2n) is 4.24. The van der Waals surface area contributed by atoms with Gasteiger partial charge in [0.15, 0.2) is 0 Å². The highest BCUT2D eigenvalue weighted by molar-refractivity contribution is 5.79. The van der Waals surface area contributed by atoms with Crippen LogP contribution in [0.1, 0.15) is 12.6 Å². The van der Waals surface area contributed by atoms with Crippen LogP contribution in [0.5, 0.6) is 0 Å². The average molecular weight is 250 g/mol. The molecule has 0 saturated carbocycles. The van der Waals surface area contributed by atoms with Crippen molar-refractivity contribution in [2.45, 2.75) is 19.5 Å². The summed E-state index contributed by atoms with van der Waals surface area (Å²) in [6.07, 6.45) is 1.61. The monoisotopic (exact) mass is 250 g/mol. The predicted molar refractivity (Wildman–Crippen MR) is 65.7 cm³/mol. The van der Waals surface area contributed by atoms with Crippen LogP contribution in [0, 0.1) is 5.92 Å². The number of carbonyl (C=O) groups is 1. The van der Waals surface area contributed by atoms with Gasteiger partial charge in [0.25, 0.3) is 0 Å². The van der Waals surface area contributed by atoms with Crippen molar-refractivity contribution in [3.05, 3.63) is 24.0 Å². The highest BCUT2D eigenvalue weighted by Crippen LogP contribution is 2.13. The van der Waals surface area contributed by atoms with E-state index in [9.17, 15) is 4.79 Å². The first-order valence-corrected chi connectivity index (χ1v) is 6.16. The van der Waals surface area contributed by atoms with Gasteiger partial charge in [-0.25, -0.2) is 0 Å². The van der Waals surface area contributed by atoms with Gasteiger partial charge in [0.2, 0.25) is 5.91 Å². The summed E-state index contributed by atoms with van der Waals surface area (Å²) >= 11 is 0. The summed E-state index contributed by atoms with van der Waals surface area (Å²) in [7, 11) is 0. The molecule has 18 heavy (non-hydrogen) atoms. The molecule has 1 aliphatic heterocycles. The number of amides is 1. The Bertz CT molecular complexity index is 385. The smallest absolute Gasteiger partial charge is 0.227 e. The fourth-order valence-corrected chi connectivity index (χ4v) is 2.01. The lowest BCUT2D eigenvalue weighted by atomic mass is 10.0. The first-order chi connectivity index (χ1) is 8.81. The van der Waals surface area contributed by atoms with Crippen molar-refractivity contribution < 1.29 is 9.53 Å². The molecule has 1 amide bonds. The van der Waals surface area contributed by atoms with Crippen LogP contribution in [0.25, 0.3) is 0 Å². The zero-order valence-corrected chi connectivity index (χ0v) is 10.4. The van der Waals surface area contributed by atoms with Gasteiger partial charge in [0.05, 0.1) is 31.4 Å². The van der Waals surface area contributed by atoms with E-state index >= 15 is 0 Å². The van der Waals surface area contributed by atoms with Crippen LogP contribution in [0.3, 0.4) is 0 Å². The largest absolute Gasteiger partial charge is 0.379 e. The van der Waals surface area contributed by atoms with Gasteiger partial charge in [-0.15, -0.1) is 0 Å². The van der Waals surface area contributed by atoms with Crippen molar-refractivity contribution in [1.29, 1.82) is 0 Å². The van der Waals surface area contributed by atoms with Crippen LogP contribution in [-0.4, -0.2) is 41.9 Å². The van der Waals surface area contributed by atoms with Gasteiger partial charge < -0.3 is 15.4 Å². The SMILES string of the molecule is CCNC1COCC1C(=O)NCc1cccnn1. The van der Waals surface area contributed by atoms with Gasteiger partial charge in [-0.2, -0.15) is 10.2 Å². The van der Waals surface area contributed by atoms with E-state index in [-0.39, 0.29) is 17.9 Å². The summed E-state index contributed by atoms with van der Waals surface area (Å²) in [4.78, 5) is 12.0. The zero-order chi connectivity index (χ0) is 12.8. The van der Waals surface area contributed by atoms with Crippen molar-refractivity contribution in [2.24, 2.45) is 5.92 Å². The first-order valence-electron chi connectivity index (χ1n) is 6.16. The van der Waals surface area contributed by atoms with Crippen LogP contribution in [0.2, 0.25) is 0 Å². The molecule has 0 aliphatic carbocycles. The quantitative estimate of drug-likeness (QED) is 0.751. The molecule has 2 heterocycles. The number of ether oxygens (including phenoxy) is 1. The van der Waals surface area contributed by atoms with Gasteiger partial charge in [0, 0.05) is 12.2 Å². The lowest BCUT2D eigenvalue weighted by Crippen LogP contribution is -2.43. The molecule has 6 nitrogen and oxygen atoms in total. The maximum atomic E-state index is 12.0. The fourth-order valence-electron chi connectivity index (χ4n) is 2.01. The van der Waals surface area contributed by atoms with E-state index in [1.165, 1.54) is 0 Å². The summed E-state index contributed by atoms with van der Waals surface area (Å²) in [5.74, 6) is -0.120. The van der Waals surface area contributed by atoms with Crippen molar-refractivity contribution in [1.82, 2.24) is 20.8 Å². The maximum Gasteiger partial charge on any atom is 0.227 e. The van der Waals surface area contributed by atoms with E-state index in [1.807, 2.05) is 13.0 Å². The van der Waals surface area contributed by atoms with Crippen molar-refractivity contribution in [3.8, 4) is 0 Å². The van der Waals surface area contributed by atoms with Gasteiger partial charge in [-0.3, -0.25) is 4.79 Å². The minimum absolute atomic E-state index is 0.00380. The van der Waals surface area contributed by atoms with Crippen molar-refractivity contribution >= 4 is 5.91 Å². The number of nitrogens with zero attached hydrogens (tertiary/aromatic N) is 2. The number of aromatic nitrogens is 2. The Morgan fingerprint density at radius 1 is 1.56 bits per heavy atom. The zero-order valence-electron chi connectivity index (χ0n) is 10.4. The van der Waals surface area contributed by atoms with Crippen molar-refractivity contribution in [3.63, 3.8) is 0 Å². The van der Waals surface area contributed by atoms with Gasteiger partial charge in [0.1, 0.15) is 0 Å². The molecular formula is C12H18N4O2. The Kier molecular flexibility index (Phi) is 4.60. The van der Waals surface area contributed by atoms with E-state index in [1.54, 1.807) is 12.3 Å². The molecule has 0 radical (unpaired) electrons. The molecule has 1 saturated heterocycles. The van der Waals surface area contributed by atoms with Crippen LogP contribution in [0.15, 0.2) is 18.3 Å². The highest BCUT2D eigenvalue weighted by atomic mass is 16.5. The lowest BCUT2D eigenvalue weighted by molar-refractivity contribution is -0.125. The number of nitrogens with one attached hydrogen (secondary N) is 2. The Balaban J connectivity index is 1.84. The number of hydrogen-bond donors (Lipinski definition) is 2. The summed E-state index contributed by atoms with van der Waals surface area (Å²) in [6, 6.07) is 3.74. The van der Waals surface area contributed by atoms with Gasteiger partial charge >= 0.3 is 0 Å². The Morgan fingerprint density at radius 2 is 2.44 bits per heavy atom. The van der Waals surface area contributed by atoms with Crippen LogP contribution >= 0.6 is 0 Å². The fraction of sp³-hybridized carbons (Fsp3) is 0.583. The van der Waals surface area contributed by atoms with Gasteiger partial charge in [-0.05, 0) is 18.7 Å². The summed E-state index contributed by atoms with van der Waals surface area (Å²) in [6.45, 7) is 4.33. The number of rotatable bonds is 5. The van der Waals surface area contributed by atoms with E-state index < -0.39 is 0 Å². The molecule has 1 fully saturated rings. The molecule has 98 valence electrons. The Morgan fingerprint density at radius 3 is 3.17 bits per heavy atom. The normalized spacial score (nSPS) is 22.9. The molecule has 1 aromatic heterocycles. The van der Waals surface area contributed by atoms with Gasteiger partial charge in [-0.1, -0.05) is 6.92 Å². The standard InChI is InChI=1S/C12H18N4O2/c1-2-13-11-8-18-7-10(11)12(17)14-6-9-4-3-5-15-16-9/h3-5,10-11,13H,2,6-8H2,1H3,(H,14,17). The molecule has 0 bridgehead atoms. The van der Waals surface area contributed by atoms with Crippen LogP contribution in [-0.2, 0) is 16.1 Å². The number of carbonyl (C=O) groups excluding carboxylic acids is 1. The van der Waals surface area contributed by atoms with E-state index in [2.05, 4.69) is 20.8 Å². The second kappa shape index (κ2) is 6.42. The Labute approximate surface area is 106 Å². The minimum atomic E-state index is -0.123. The maximum absolute atomic E-state index is 12.0. The highest BCUT2D eigenvalue weighted by Gasteiger charge is 2.33. The molecule has 2 N–H and O–H groups in total. The molecule has 2 atom stereocenters. The number of likely N-dealkylation sites (N-methyl/N-ethyl adjacent to an activating group) is 1. The molecule has 1 aliphatic rings. The van der Waals surface area contributed by atoms with Crippen molar-refractivity contribution in [2.75, 3.05) is 19.8 Å². The van der Waals surface area contributed by atoms with E-state index in [0.717, 1.165) is 12.2 Å². The summed E-state index contributed by atoms with van der Waals surface area (Å²) in [5.41, 5.74) is 0.754. The summed E-state index contributed by atoms with van der Waals surface area (Å²) in [5, 5.41) is 13.8. The third-order valence-corrected chi connectivity index (χ3v) is 2.95. The first kappa shape index (κ1) is 12.9. The Hall–Kier alpha value is -1.53. The molecule has 0 spiro atoms. The molecule has 6 heteroatoms. The predicted octanol–water partition coefficient (Wildman–Crippen LogP) is -0.283. The van der Waals surface area contributed by atoms with E-state index in [0.29, 0.717) is 19.8 Å². The molecule has 0 aromatic carbocycles. The van der Waals surface area contributed by atoms with Crippen LogP contribution in [0.4, 0.5) is 0 Å². The molecule has 2 unspecified atom stereocenters. The van der Waals surface area contributed by atoms with Crippen LogP contribution < -0.4 is 10.6 Å². The van der Waals surface area contributed by atoms with E-state index in [4.69, 9.17) is 4.74 Å².